The molecule has 164 valence electrons. The van der Waals surface area contributed by atoms with Crippen LogP contribution in [0.4, 0.5) is 17.6 Å². The third-order valence-electron chi connectivity index (χ3n) is 5.38. The number of halogens is 4. The summed E-state index contributed by atoms with van der Waals surface area (Å²) < 4.78 is 60.9. The number of likely N-dealkylation sites (tertiary alicyclic amines) is 1. The summed E-state index contributed by atoms with van der Waals surface area (Å²) in [5.41, 5.74) is 0.659. The fourth-order valence-electron chi connectivity index (χ4n) is 3.65. The maximum atomic E-state index is 14.1. The van der Waals surface area contributed by atoms with Crippen molar-refractivity contribution in [2.24, 2.45) is 5.92 Å². The van der Waals surface area contributed by atoms with Crippen molar-refractivity contribution in [3.05, 3.63) is 71.6 Å². The molecule has 31 heavy (non-hydrogen) atoms. The van der Waals surface area contributed by atoms with Crippen LogP contribution in [0.5, 0.6) is 6.01 Å². The van der Waals surface area contributed by atoms with Gasteiger partial charge in [0, 0.05) is 12.1 Å². The Morgan fingerprint density at radius 1 is 0.968 bits per heavy atom. The first-order chi connectivity index (χ1) is 15.0. The van der Waals surface area contributed by atoms with Gasteiger partial charge in [-0.2, -0.15) is 9.67 Å². The van der Waals surface area contributed by atoms with E-state index in [0.717, 1.165) is 30.6 Å². The number of hydrogen-bond acceptors (Lipinski definition) is 4. The molecule has 2 aromatic carbocycles. The van der Waals surface area contributed by atoms with Crippen LogP contribution in [0.3, 0.4) is 0 Å². The van der Waals surface area contributed by atoms with Gasteiger partial charge in [0.25, 0.3) is 6.43 Å². The second kappa shape index (κ2) is 9.47. The summed E-state index contributed by atoms with van der Waals surface area (Å²) >= 11 is 0. The minimum absolute atomic E-state index is 0.00314. The first-order valence-corrected chi connectivity index (χ1v) is 10.1. The van der Waals surface area contributed by atoms with Crippen molar-refractivity contribution in [2.45, 2.75) is 25.8 Å². The van der Waals surface area contributed by atoms with Gasteiger partial charge in [-0.1, -0.05) is 30.3 Å². The monoisotopic (exact) mass is 434 g/mol. The van der Waals surface area contributed by atoms with Gasteiger partial charge in [-0.25, -0.2) is 17.6 Å². The summed E-state index contributed by atoms with van der Waals surface area (Å²) in [6.07, 6.45) is -1.27. The maximum absolute atomic E-state index is 14.1. The van der Waals surface area contributed by atoms with Gasteiger partial charge in [0.2, 0.25) is 5.82 Å². The zero-order valence-electron chi connectivity index (χ0n) is 16.7. The Morgan fingerprint density at radius 2 is 1.65 bits per heavy atom. The predicted octanol–water partition coefficient (Wildman–Crippen LogP) is 4.77. The van der Waals surface area contributed by atoms with E-state index in [1.807, 2.05) is 6.07 Å². The normalized spacial score (nSPS) is 15.5. The molecule has 0 saturated carbocycles. The number of para-hydroxylation sites is 1. The molecule has 1 fully saturated rings. The second-order valence-corrected chi connectivity index (χ2v) is 7.54. The average molecular weight is 434 g/mol. The Kier molecular flexibility index (Phi) is 6.50. The van der Waals surface area contributed by atoms with Gasteiger partial charge in [-0.15, -0.1) is 5.10 Å². The molecule has 0 bridgehead atoms. The number of rotatable bonds is 7. The largest absolute Gasteiger partial charge is 0.463 e. The minimum atomic E-state index is -2.89. The van der Waals surface area contributed by atoms with Crippen LogP contribution in [0.15, 0.2) is 48.5 Å². The van der Waals surface area contributed by atoms with Crippen LogP contribution in [-0.2, 0) is 6.54 Å². The third-order valence-corrected chi connectivity index (χ3v) is 5.38. The lowest BCUT2D eigenvalue weighted by Gasteiger charge is -2.31. The van der Waals surface area contributed by atoms with Gasteiger partial charge in [0.15, 0.2) is 0 Å². The van der Waals surface area contributed by atoms with E-state index in [4.69, 9.17) is 4.74 Å². The number of piperidine rings is 1. The fraction of sp³-hybridized carbons (Fsp3) is 0.364. The Morgan fingerprint density at radius 3 is 2.32 bits per heavy atom. The lowest BCUT2D eigenvalue weighted by molar-refractivity contribution is 0.128. The number of aromatic nitrogens is 3. The third kappa shape index (κ3) is 5.04. The first-order valence-electron chi connectivity index (χ1n) is 10.1. The van der Waals surface area contributed by atoms with Crippen molar-refractivity contribution in [3.8, 4) is 11.7 Å². The van der Waals surface area contributed by atoms with E-state index in [0.29, 0.717) is 12.1 Å². The Hall–Kier alpha value is -2.94. The van der Waals surface area contributed by atoms with Crippen LogP contribution in [0.1, 0.15) is 30.7 Å². The molecule has 1 aliphatic heterocycles. The molecular formula is C22H22F4N4O. The van der Waals surface area contributed by atoms with E-state index in [1.165, 1.54) is 24.3 Å². The molecule has 0 atom stereocenters. The van der Waals surface area contributed by atoms with Crippen molar-refractivity contribution in [2.75, 3.05) is 19.7 Å². The zero-order chi connectivity index (χ0) is 21.8. The van der Waals surface area contributed by atoms with E-state index in [2.05, 4.69) is 15.0 Å². The van der Waals surface area contributed by atoms with Crippen LogP contribution in [0.2, 0.25) is 0 Å². The predicted molar refractivity (Wildman–Crippen MR) is 106 cm³/mol. The van der Waals surface area contributed by atoms with Gasteiger partial charge in [0.1, 0.15) is 17.3 Å². The zero-order valence-corrected chi connectivity index (χ0v) is 16.7. The molecule has 3 aromatic rings. The number of ether oxygens (including phenoxy) is 1. The molecule has 0 amide bonds. The average Bonchev–Trinajstić information content (AvgIpc) is 3.20. The lowest BCUT2D eigenvalue weighted by Crippen LogP contribution is -2.35. The minimum Gasteiger partial charge on any atom is -0.463 e. The quantitative estimate of drug-likeness (QED) is 0.503. The molecule has 0 spiro atoms. The number of alkyl halides is 2. The molecule has 5 nitrogen and oxygen atoms in total. The molecule has 9 heteroatoms. The van der Waals surface area contributed by atoms with Gasteiger partial charge in [-0.3, -0.25) is 4.90 Å². The van der Waals surface area contributed by atoms with Crippen LogP contribution >= 0.6 is 0 Å². The highest BCUT2D eigenvalue weighted by atomic mass is 19.3. The van der Waals surface area contributed by atoms with Crippen LogP contribution < -0.4 is 4.74 Å². The SMILES string of the molecule is Fc1ccccc1CN1CCC(COc2nc(C(F)F)nn2-c2ccccc2F)CC1. The topological polar surface area (TPSA) is 43.2 Å². The van der Waals surface area contributed by atoms with Crippen molar-refractivity contribution in [3.63, 3.8) is 0 Å². The van der Waals surface area contributed by atoms with Crippen molar-refractivity contribution in [1.29, 1.82) is 0 Å². The Bertz CT molecular complexity index is 1020. The Balaban J connectivity index is 1.38. The van der Waals surface area contributed by atoms with Crippen molar-refractivity contribution < 1.29 is 22.3 Å². The first kappa shape index (κ1) is 21.3. The number of benzene rings is 2. The van der Waals surface area contributed by atoms with Gasteiger partial charge < -0.3 is 4.74 Å². The smallest absolute Gasteiger partial charge is 0.320 e. The molecule has 0 radical (unpaired) electrons. The van der Waals surface area contributed by atoms with Crippen LogP contribution in [0.25, 0.3) is 5.69 Å². The molecule has 1 aromatic heterocycles. The molecule has 2 heterocycles. The van der Waals surface area contributed by atoms with E-state index in [1.54, 1.807) is 18.2 Å². The van der Waals surface area contributed by atoms with E-state index >= 15 is 0 Å². The summed E-state index contributed by atoms with van der Waals surface area (Å²) in [5, 5.41) is 3.72. The molecule has 0 N–H and O–H groups in total. The highest BCUT2D eigenvalue weighted by molar-refractivity contribution is 5.34. The van der Waals surface area contributed by atoms with Gasteiger partial charge >= 0.3 is 6.01 Å². The molecular weight excluding hydrogens is 412 g/mol. The van der Waals surface area contributed by atoms with Crippen molar-refractivity contribution in [1.82, 2.24) is 19.7 Å². The summed E-state index contributed by atoms with van der Waals surface area (Å²) in [5.74, 6) is -1.36. The van der Waals surface area contributed by atoms with E-state index in [9.17, 15) is 17.6 Å². The summed E-state index contributed by atoms with van der Waals surface area (Å²) in [6, 6.07) is 12.3. The van der Waals surface area contributed by atoms with Crippen LogP contribution in [0, 0.1) is 17.6 Å². The fourth-order valence-corrected chi connectivity index (χ4v) is 3.65. The molecule has 1 saturated heterocycles. The second-order valence-electron chi connectivity index (χ2n) is 7.54. The molecule has 1 aliphatic rings. The highest BCUT2D eigenvalue weighted by Gasteiger charge is 2.24. The number of nitrogens with zero attached hydrogens (tertiary/aromatic N) is 4. The van der Waals surface area contributed by atoms with Gasteiger partial charge in [0.05, 0.1) is 6.61 Å². The highest BCUT2D eigenvalue weighted by Crippen LogP contribution is 2.25. The molecule has 0 unspecified atom stereocenters. The summed E-state index contributed by atoms with van der Waals surface area (Å²) in [6.45, 7) is 2.33. The number of hydrogen-bond donors (Lipinski definition) is 0. The van der Waals surface area contributed by atoms with E-state index < -0.39 is 18.1 Å². The molecule has 0 aliphatic carbocycles. The summed E-state index contributed by atoms with van der Waals surface area (Å²) in [7, 11) is 0. The Labute approximate surface area is 177 Å². The maximum Gasteiger partial charge on any atom is 0.320 e. The van der Waals surface area contributed by atoms with Crippen molar-refractivity contribution >= 4 is 0 Å². The molecule has 4 rings (SSSR count). The standard InChI is InChI=1S/C22H22F4N4O/c23-17-6-2-1-5-16(17)13-29-11-9-15(10-12-29)14-31-22-27-21(20(25)26)28-30(22)19-8-4-3-7-18(19)24/h1-8,15,20H,9-14H2. The summed E-state index contributed by atoms with van der Waals surface area (Å²) in [4.78, 5) is 5.93. The van der Waals surface area contributed by atoms with Crippen LogP contribution in [-0.4, -0.2) is 39.4 Å². The lowest BCUT2D eigenvalue weighted by atomic mass is 9.97. The van der Waals surface area contributed by atoms with E-state index in [-0.39, 0.29) is 30.0 Å². The van der Waals surface area contributed by atoms with Gasteiger partial charge in [-0.05, 0) is 50.0 Å².